The van der Waals surface area contributed by atoms with Crippen LogP contribution in [0.4, 0.5) is 5.82 Å². The summed E-state index contributed by atoms with van der Waals surface area (Å²) in [6.45, 7) is 8.79. The van der Waals surface area contributed by atoms with Gasteiger partial charge in [0, 0.05) is 30.1 Å². The molecule has 0 aliphatic carbocycles. The molecule has 2 atom stereocenters. The molecule has 1 saturated heterocycles. The van der Waals surface area contributed by atoms with E-state index in [-0.39, 0.29) is 0 Å². The first-order valence-electron chi connectivity index (χ1n) is 6.83. The molecule has 2 aliphatic heterocycles. The van der Waals surface area contributed by atoms with Gasteiger partial charge in [0.1, 0.15) is 5.82 Å². The van der Waals surface area contributed by atoms with Crippen molar-refractivity contribution in [1.82, 2.24) is 10.3 Å². The zero-order valence-corrected chi connectivity index (χ0v) is 12.2. The number of rotatable bonds is 2. The van der Waals surface area contributed by atoms with Gasteiger partial charge in [0.05, 0.1) is 5.69 Å². The summed E-state index contributed by atoms with van der Waals surface area (Å²) in [6.07, 6.45) is 1.15. The van der Waals surface area contributed by atoms with E-state index >= 15 is 0 Å². The molecule has 18 heavy (non-hydrogen) atoms. The van der Waals surface area contributed by atoms with Crippen molar-refractivity contribution in [2.24, 2.45) is 0 Å². The molecule has 98 valence electrons. The maximum Gasteiger partial charge on any atom is 0.132 e. The maximum atomic E-state index is 4.88. The van der Waals surface area contributed by atoms with E-state index in [2.05, 4.69) is 37.1 Å². The van der Waals surface area contributed by atoms with Crippen LogP contribution in [0.5, 0.6) is 0 Å². The zero-order chi connectivity index (χ0) is 12.7. The van der Waals surface area contributed by atoms with Gasteiger partial charge in [-0.3, -0.25) is 0 Å². The monoisotopic (exact) mass is 263 g/mol. The van der Waals surface area contributed by atoms with E-state index < -0.39 is 0 Å². The second-order valence-electron chi connectivity index (χ2n) is 5.26. The molecule has 3 rings (SSSR count). The molecular weight excluding hydrogens is 242 g/mol. The lowest BCUT2D eigenvalue weighted by molar-refractivity contribution is 0.427. The first-order valence-corrected chi connectivity index (χ1v) is 7.81. The van der Waals surface area contributed by atoms with Crippen LogP contribution in [-0.4, -0.2) is 35.9 Å². The number of anilines is 1. The van der Waals surface area contributed by atoms with Crippen molar-refractivity contribution < 1.29 is 0 Å². The fourth-order valence-electron chi connectivity index (χ4n) is 3.11. The van der Waals surface area contributed by atoms with Crippen LogP contribution in [0.25, 0.3) is 0 Å². The number of hydrogen-bond donors (Lipinski definition) is 1. The van der Waals surface area contributed by atoms with Crippen molar-refractivity contribution >= 4 is 17.6 Å². The number of hydrogen-bond acceptors (Lipinski definition) is 4. The highest BCUT2D eigenvalue weighted by atomic mass is 32.2. The maximum absolute atomic E-state index is 4.88. The van der Waals surface area contributed by atoms with Crippen LogP contribution in [0.3, 0.4) is 0 Å². The molecule has 0 spiro atoms. The summed E-state index contributed by atoms with van der Waals surface area (Å²) >= 11 is 1.91. The van der Waals surface area contributed by atoms with Crippen LogP contribution in [-0.2, 0) is 6.42 Å². The Kier molecular flexibility index (Phi) is 3.24. The smallest absolute Gasteiger partial charge is 0.132 e. The van der Waals surface area contributed by atoms with Crippen molar-refractivity contribution in [3.8, 4) is 0 Å². The summed E-state index contributed by atoms with van der Waals surface area (Å²) in [7, 11) is 0. The third-order valence-corrected chi connectivity index (χ3v) is 4.92. The molecule has 0 aromatic carbocycles. The number of pyridine rings is 1. The van der Waals surface area contributed by atoms with Crippen LogP contribution >= 0.6 is 11.8 Å². The number of piperazine rings is 1. The van der Waals surface area contributed by atoms with Gasteiger partial charge in [0.15, 0.2) is 0 Å². The molecule has 1 aromatic rings. The van der Waals surface area contributed by atoms with Gasteiger partial charge in [-0.1, -0.05) is 6.92 Å². The quantitative estimate of drug-likeness (QED) is 0.828. The molecule has 1 fully saturated rings. The predicted molar refractivity (Wildman–Crippen MR) is 77.7 cm³/mol. The topological polar surface area (TPSA) is 28.2 Å². The molecule has 0 unspecified atom stereocenters. The van der Waals surface area contributed by atoms with E-state index in [4.69, 9.17) is 4.98 Å². The molecule has 0 amide bonds. The third kappa shape index (κ3) is 1.91. The van der Waals surface area contributed by atoms with Crippen LogP contribution < -0.4 is 10.2 Å². The van der Waals surface area contributed by atoms with Gasteiger partial charge in [-0.25, -0.2) is 4.98 Å². The van der Waals surface area contributed by atoms with Crippen molar-refractivity contribution in [3.63, 3.8) is 0 Å². The lowest BCUT2D eigenvalue weighted by Crippen LogP contribution is -2.55. The van der Waals surface area contributed by atoms with E-state index in [0.717, 1.165) is 25.3 Å². The summed E-state index contributed by atoms with van der Waals surface area (Å²) < 4.78 is 0. The highest BCUT2D eigenvalue weighted by molar-refractivity contribution is 7.99. The Morgan fingerprint density at radius 1 is 1.50 bits per heavy atom. The van der Waals surface area contributed by atoms with Gasteiger partial charge in [-0.2, -0.15) is 0 Å². The number of thioether (sulfide) groups is 1. The van der Waals surface area contributed by atoms with E-state index in [1.165, 1.54) is 22.0 Å². The normalized spacial score (nSPS) is 26.1. The minimum Gasteiger partial charge on any atom is -0.348 e. The Morgan fingerprint density at radius 2 is 2.33 bits per heavy atom. The summed E-state index contributed by atoms with van der Waals surface area (Å²) in [5.74, 6) is 2.36. The Labute approximate surface area is 113 Å². The first-order chi connectivity index (χ1) is 8.70. The fraction of sp³-hybridized carbons (Fsp3) is 0.643. The second kappa shape index (κ2) is 4.74. The lowest BCUT2D eigenvalue weighted by atomic mass is 10.1. The van der Waals surface area contributed by atoms with Crippen molar-refractivity contribution in [1.29, 1.82) is 0 Å². The Morgan fingerprint density at radius 3 is 3.11 bits per heavy atom. The Hall–Kier alpha value is -0.740. The molecular formula is C14H21N3S. The van der Waals surface area contributed by atoms with E-state index in [9.17, 15) is 0 Å². The summed E-state index contributed by atoms with van der Waals surface area (Å²) in [5.41, 5.74) is 2.63. The third-order valence-electron chi connectivity index (χ3n) is 3.91. The van der Waals surface area contributed by atoms with Gasteiger partial charge in [0.2, 0.25) is 0 Å². The summed E-state index contributed by atoms with van der Waals surface area (Å²) in [5, 5.41) is 3.52. The number of nitrogens with one attached hydrogen (secondary N) is 1. The van der Waals surface area contributed by atoms with E-state index in [1.54, 1.807) is 0 Å². The van der Waals surface area contributed by atoms with Gasteiger partial charge in [-0.15, -0.1) is 11.8 Å². The summed E-state index contributed by atoms with van der Waals surface area (Å²) in [6, 6.07) is 3.54. The standard InChI is InChI=1S/C14H21N3S/c1-4-18-13-6-11-5-12-8-15-7-9(2)17(12)14(11)16-10(13)3/h6,9,12,15H,4-5,7-8H2,1-3H3/t9-,12-/m1/s1. The van der Waals surface area contributed by atoms with Crippen LogP contribution in [0.15, 0.2) is 11.0 Å². The minimum atomic E-state index is 0.557. The molecule has 0 bridgehead atoms. The zero-order valence-electron chi connectivity index (χ0n) is 11.4. The van der Waals surface area contributed by atoms with Crippen molar-refractivity contribution in [2.75, 3.05) is 23.7 Å². The molecule has 0 saturated carbocycles. The first kappa shape index (κ1) is 12.3. The highest BCUT2D eigenvalue weighted by Gasteiger charge is 2.36. The average molecular weight is 263 g/mol. The molecule has 1 N–H and O–H groups in total. The van der Waals surface area contributed by atoms with Gasteiger partial charge in [0.25, 0.3) is 0 Å². The van der Waals surface area contributed by atoms with Crippen LogP contribution in [0.1, 0.15) is 25.1 Å². The van der Waals surface area contributed by atoms with Gasteiger partial charge in [-0.05, 0) is 37.7 Å². The number of nitrogens with zero attached hydrogens (tertiary/aromatic N) is 2. The molecule has 1 aromatic heterocycles. The van der Waals surface area contributed by atoms with E-state index in [0.29, 0.717) is 12.1 Å². The van der Waals surface area contributed by atoms with Gasteiger partial charge >= 0.3 is 0 Å². The molecule has 4 heteroatoms. The Bertz CT molecular complexity index is 461. The highest BCUT2D eigenvalue weighted by Crippen LogP contribution is 2.36. The SMILES string of the molecule is CCSc1cc2c(nc1C)N1[C@@H](CNC[C@H]1C)C2. The average Bonchev–Trinajstić information content (AvgIpc) is 2.69. The predicted octanol–water partition coefficient (Wildman–Crippen LogP) is 2.22. The second-order valence-corrected chi connectivity index (χ2v) is 6.57. The number of aryl methyl sites for hydroxylation is 1. The van der Waals surface area contributed by atoms with Gasteiger partial charge < -0.3 is 10.2 Å². The molecule has 2 aliphatic rings. The van der Waals surface area contributed by atoms with Crippen LogP contribution in [0.2, 0.25) is 0 Å². The number of aromatic nitrogens is 1. The van der Waals surface area contributed by atoms with Crippen molar-refractivity contribution in [2.45, 2.75) is 44.2 Å². The number of fused-ring (bicyclic) bond motifs is 3. The van der Waals surface area contributed by atoms with E-state index in [1.807, 2.05) is 11.8 Å². The summed E-state index contributed by atoms with van der Waals surface area (Å²) in [4.78, 5) is 8.77. The largest absolute Gasteiger partial charge is 0.348 e. The molecule has 0 radical (unpaired) electrons. The Balaban J connectivity index is 1.99. The molecule has 3 heterocycles. The van der Waals surface area contributed by atoms with Crippen LogP contribution in [0, 0.1) is 6.92 Å². The fourth-order valence-corrected chi connectivity index (χ4v) is 3.90. The molecule has 3 nitrogen and oxygen atoms in total. The lowest BCUT2D eigenvalue weighted by Gasteiger charge is -2.37. The van der Waals surface area contributed by atoms with Crippen molar-refractivity contribution in [3.05, 3.63) is 17.3 Å². The minimum absolute atomic E-state index is 0.557.